The van der Waals surface area contributed by atoms with Crippen LogP contribution in [-0.2, 0) is 43.2 Å². The number of nitrogens with zero attached hydrogens (tertiary/aromatic N) is 2. The molecule has 1 aliphatic rings. The van der Waals surface area contributed by atoms with Gasteiger partial charge in [-0.3, -0.25) is 14.8 Å². The third-order valence-corrected chi connectivity index (χ3v) is 8.13. The van der Waals surface area contributed by atoms with Crippen molar-refractivity contribution in [1.82, 2.24) is 0 Å². The van der Waals surface area contributed by atoms with Gasteiger partial charge in [-0.1, -0.05) is 108 Å². The first-order valence-corrected chi connectivity index (χ1v) is 15.9. The predicted octanol–water partition coefficient (Wildman–Crippen LogP) is 9.23. The summed E-state index contributed by atoms with van der Waals surface area (Å²) in [6, 6.07) is 8.53. The minimum atomic E-state index is -0.833. The van der Waals surface area contributed by atoms with Crippen LogP contribution in [0.2, 0.25) is 0 Å². The number of phenolic OH excluding ortho intramolecular Hbond substituents is 2. The molecule has 1 fully saturated rings. The van der Waals surface area contributed by atoms with E-state index in [1.807, 2.05) is 12.4 Å². The number of carboxylic acid groups (broad SMARTS) is 1. The van der Waals surface area contributed by atoms with Gasteiger partial charge < -0.3 is 15.3 Å². The van der Waals surface area contributed by atoms with Crippen molar-refractivity contribution in [3.63, 3.8) is 0 Å². The molecule has 3 rings (SSSR count). The summed E-state index contributed by atoms with van der Waals surface area (Å²) in [6.07, 6.45) is 7.90. The molecule has 6 nitrogen and oxygen atoms in total. The Kier molecular flexibility index (Phi) is 13.7. The number of rotatable bonds is 4. The second-order valence-corrected chi connectivity index (χ2v) is 16.4. The number of carboxylic acids is 1. The summed E-state index contributed by atoms with van der Waals surface area (Å²) in [7, 11) is 0. The van der Waals surface area contributed by atoms with Gasteiger partial charge in [-0.15, -0.1) is 0 Å². The van der Waals surface area contributed by atoms with Crippen LogP contribution in [0.4, 0.5) is 0 Å². The first-order chi connectivity index (χ1) is 19.9. The van der Waals surface area contributed by atoms with E-state index in [1.54, 1.807) is 0 Å². The van der Waals surface area contributed by atoms with Crippen LogP contribution in [0.25, 0.3) is 0 Å². The number of carbonyl (C=O) groups is 1. The van der Waals surface area contributed by atoms with Gasteiger partial charge >= 0.3 is 0 Å². The third-order valence-electron chi connectivity index (χ3n) is 8.13. The largest absolute Gasteiger partial charge is 0.507 e. The van der Waals surface area contributed by atoms with Crippen molar-refractivity contribution in [3.8, 4) is 11.5 Å². The van der Waals surface area contributed by atoms with E-state index in [-0.39, 0.29) is 50.5 Å². The van der Waals surface area contributed by atoms with E-state index in [0.29, 0.717) is 11.5 Å². The maximum atomic E-state index is 11.2. The summed E-state index contributed by atoms with van der Waals surface area (Å²) in [5.41, 5.74) is 5.39. The monoisotopic (exact) mass is 665 g/mol. The molecule has 7 heteroatoms. The molecule has 2 aromatic rings. The molecule has 0 heterocycles. The van der Waals surface area contributed by atoms with Crippen molar-refractivity contribution < 1.29 is 36.9 Å². The summed E-state index contributed by atoms with van der Waals surface area (Å²) in [6.45, 7) is 27.1. The summed E-state index contributed by atoms with van der Waals surface area (Å²) in [5.74, 6) is -0.197. The Balaban J connectivity index is 0.00000191. The Morgan fingerprint density at radius 2 is 0.933 bits per heavy atom. The third kappa shape index (κ3) is 11.6. The number of aliphatic imine (C=N–C) groups is 2. The Morgan fingerprint density at radius 3 is 1.18 bits per heavy atom. The maximum Gasteiger partial charge on any atom is 0.300 e. The van der Waals surface area contributed by atoms with E-state index in [1.165, 1.54) is 11.1 Å². The molecule has 0 saturated heterocycles. The molecule has 2 aromatic carbocycles. The van der Waals surface area contributed by atoms with Crippen LogP contribution >= 0.6 is 0 Å². The van der Waals surface area contributed by atoms with Gasteiger partial charge in [0.2, 0.25) is 0 Å². The van der Waals surface area contributed by atoms with E-state index in [9.17, 15) is 10.2 Å². The first kappa shape index (κ1) is 40.4. The van der Waals surface area contributed by atoms with Crippen molar-refractivity contribution in [3.05, 3.63) is 57.6 Å². The fraction of sp³-hybridized carbons (Fsp3) is 0.605. The molecule has 1 aliphatic carbocycles. The number of hydrogen-bond donors (Lipinski definition) is 3. The van der Waals surface area contributed by atoms with Crippen molar-refractivity contribution >= 4 is 18.4 Å². The zero-order valence-electron chi connectivity index (χ0n) is 29.9. The SMILES string of the molecule is CC(=O)O.CC(C)(C)c1cc(C=NC2CCCCC2N=Cc2cc(C(C)(C)C)cc(C(C)(C)C)c2O)c(O)c(C(C)(C)C)c1.[Co]. The summed E-state index contributed by atoms with van der Waals surface area (Å²) in [5, 5.41) is 29.9. The quantitative estimate of drug-likeness (QED) is 0.283. The van der Waals surface area contributed by atoms with Crippen LogP contribution in [0.15, 0.2) is 34.3 Å². The molecule has 0 amide bonds. The minimum absolute atomic E-state index is 0. The topological polar surface area (TPSA) is 102 Å². The van der Waals surface area contributed by atoms with Gasteiger partial charge in [0.15, 0.2) is 0 Å². The zero-order valence-corrected chi connectivity index (χ0v) is 31.0. The summed E-state index contributed by atoms with van der Waals surface area (Å²) in [4.78, 5) is 19.1. The molecule has 0 aliphatic heterocycles. The molecule has 253 valence electrons. The molecule has 0 spiro atoms. The molecular formula is C38H58CoN2O4. The van der Waals surface area contributed by atoms with Gasteiger partial charge in [0, 0.05) is 58.4 Å². The molecule has 0 aromatic heterocycles. The molecular weight excluding hydrogens is 607 g/mol. The van der Waals surface area contributed by atoms with Crippen molar-refractivity contribution in [2.24, 2.45) is 9.98 Å². The van der Waals surface area contributed by atoms with Crippen LogP contribution in [0.1, 0.15) is 149 Å². The number of aliphatic carboxylic acids is 1. The molecule has 0 bridgehead atoms. The molecule has 2 atom stereocenters. The van der Waals surface area contributed by atoms with Crippen LogP contribution in [0.3, 0.4) is 0 Å². The van der Waals surface area contributed by atoms with Crippen molar-refractivity contribution in [2.75, 3.05) is 0 Å². The van der Waals surface area contributed by atoms with Crippen molar-refractivity contribution in [2.45, 2.75) is 149 Å². The Labute approximate surface area is 283 Å². The van der Waals surface area contributed by atoms with Gasteiger partial charge in [-0.25, -0.2) is 0 Å². The van der Waals surface area contributed by atoms with Gasteiger partial charge in [-0.05, 0) is 57.8 Å². The summed E-state index contributed by atoms with van der Waals surface area (Å²) < 4.78 is 0. The molecule has 45 heavy (non-hydrogen) atoms. The van der Waals surface area contributed by atoms with E-state index in [0.717, 1.165) is 54.9 Å². The van der Waals surface area contributed by atoms with E-state index < -0.39 is 5.97 Å². The average molecular weight is 666 g/mol. The van der Waals surface area contributed by atoms with E-state index in [2.05, 4.69) is 107 Å². The second kappa shape index (κ2) is 15.3. The Bertz CT molecular complexity index is 1260. The Morgan fingerprint density at radius 1 is 0.644 bits per heavy atom. The van der Waals surface area contributed by atoms with Gasteiger partial charge in [0.1, 0.15) is 11.5 Å². The van der Waals surface area contributed by atoms with E-state index in [4.69, 9.17) is 19.9 Å². The fourth-order valence-corrected chi connectivity index (χ4v) is 5.31. The molecule has 1 saturated carbocycles. The molecule has 1 radical (unpaired) electrons. The molecule has 3 N–H and O–H groups in total. The first-order valence-electron chi connectivity index (χ1n) is 15.9. The van der Waals surface area contributed by atoms with Crippen LogP contribution in [0, 0.1) is 0 Å². The fourth-order valence-electron chi connectivity index (χ4n) is 5.31. The average Bonchev–Trinajstić information content (AvgIpc) is 2.84. The minimum Gasteiger partial charge on any atom is -0.507 e. The number of benzene rings is 2. The molecule has 2 unspecified atom stereocenters. The zero-order chi connectivity index (χ0) is 33.8. The predicted molar refractivity (Wildman–Crippen MR) is 186 cm³/mol. The van der Waals surface area contributed by atoms with Gasteiger partial charge in [0.05, 0.1) is 12.1 Å². The standard InChI is InChI=1S/C36H54N2O2.C2H4O2.Co/c1-33(2,3)25-17-23(31(39)27(19-25)35(7,8)9)21-37-29-15-13-14-16-30(29)38-22-24-18-26(34(4,5)6)20-28(32(24)40)36(10,11)12;1-2(3)4;/h17-22,29-30,39-40H,13-16H2,1-12H3;1H3,(H,3,4);. The van der Waals surface area contributed by atoms with Gasteiger partial charge in [0.25, 0.3) is 5.97 Å². The normalized spacial score (nSPS) is 18.0. The summed E-state index contributed by atoms with van der Waals surface area (Å²) >= 11 is 0. The number of hydrogen-bond acceptors (Lipinski definition) is 5. The van der Waals surface area contributed by atoms with Crippen molar-refractivity contribution in [1.29, 1.82) is 0 Å². The van der Waals surface area contributed by atoms with Crippen LogP contribution in [0.5, 0.6) is 11.5 Å². The Hall–Kier alpha value is -2.64. The number of phenols is 2. The second-order valence-electron chi connectivity index (χ2n) is 16.4. The van der Waals surface area contributed by atoms with Crippen LogP contribution in [-0.4, -0.2) is 45.8 Å². The smallest absolute Gasteiger partial charge is 0.300 e. The maximum absolute atomic E-state index is 11.2. The van der Waals surface area contributed by atoms with Gasteiger partial charge in [-0.2, -0.15) is 0 Å². The number of aromatic hydroxyl groups is 2. The van der Waals surface area contributed by atoms with Crippen LogP contribution < -0.4 is 0 Å². The van der Waals surface area contributed by atoms with E-state index >= 15 is 0 Å².